The molecule has 5 aromatic rings. The van der Waals surface area contributed by atoms with E-state index in [2.05, 4.69) is 4.99 Å². The first-order chi connectivity index (χ1) is 18.5. The number of rotatable bonds is 6. The fourth-order valence-corrected chi connectivity index (χ4v) is 6.11. The average molecular weight is 527 g/mol. The van der Waals surface area contributed by atoms with Gasteiger partial charge in [-0.25, -0.2) is 13.1 Å². The maximum atomic E-state index is 13.5. The summed E-state index contributed by atoms with van der Waals surface area (Å²) in [6, 6.07) is 24.8. The maximum absolute atomic E-state index is 13.5. The number of aryl methyl sites for hydroxylation is 1. The third kappa shape index (κ3) is 4.67. The summed E-state index contributed by atoms with van der Waals surface area (Å²) in [7, 11) is -3.74. The van der Waals surface area contributed by atoms with Gasteiger partial charge in [-0.1, -0.05) is 42.5 Å². The van der Waals surface area contributed by atoms with E-state index in [9.17, 15) is 8.42 Å². The summed E-state index contributed by atoms with van der Waals surface area (Å²) in [4.78, 5) is 4.85. The quantitative estimate of drug-likeness (QED) is 0.278. The summed E-state index contributed by atoms with van der Waals surface area (Å²) in [5, 5.41) is 5.78. The van der Waals surface area contributed by atoms with Crippen molar-refractivity contribution in [2.75, 3.05) is 26.3 Å². The Hall–Kier alpha value is -4.05. The Balaban J connectivity index is 1.44. The molecule has 0 spiro atoms. The van der Waals surface area contributed by atoms with Gasteiger partial charge in [-0.3, -0.25) is 4.99 Å². The number of furan rings is 1. The summed E-state index contributed by atoms with van der Waals surface area (Å²) in [6.07, 6.45) is 3.52. The van der Waals surface area contributed by atoms with Crippen molar-refractivity contribution in [3.63, 3.8) is 0 Å². The second-order valence-corrected chi connectivity index (χ2v) is 11.0. The van der Waals surface area contributed by atoms with Crippen LogP contribution in [0.4, 0.5) is 5.69 Å². The van der Waals surface area contributed by atoms with Crippen LogP contribution in [0.2, 0.25) is 0 Å². The van der Waals surface area contributed by atoms with Crippen LogP contribution in [0.5, 0.6) is 0 Å². The minimum absolute atomic E-state index is 0.177. The summed E-state index contributed by atoms with van der Waals surface area (Å²) in [6.45, 7) is 3.26. The highest BCUT2D eigenvalue weighted by Crippen LogP contribution is 2.32. The number of aliphatic imine (C=N–C) groups is 1. The molecule has 0 bridgehead atoms. The number of fused-ring (bicyclic) bond motifs is 1. The molecule has 0 radical (unpaired) electrons. The van der Waals surface area contributed by atoms with Gasteiger partial charge in [-0.2, -0.15) is 9.40 Å². The standard InChI is InChI=1S/C29H26N4O4S/c1-21-11-12-25(28(17-21)38(34,35)32-13-15-36-16-14-32)30-19-23-20-33(24-8-3-2-4-9-24)31-29(23)27-18-22-7-5-6-10-26(22)37-27/h2-12,17-20H,13-16H2,1H3. The van der Waals surface area contributed by atoms with Crippen molar-refractivity contribution >= 4 is 32.9 Å². The van der Waals surface area contributed by atoms with Crippen LogP contribution < -0.4 is 0 Å². The molecule has 8 nitrogen and oxygen atoms in total. The van der Waals surface area contributed by atoms with E-state index in [1.54, 1.807) is 23.0 Å². The normalized spacial score (nSPS) is 15.0. The van der Waals surface area contributed by atoms with E-state index in [0.29, 0.717) is 49.0 Å². The van der Waals surface area contributed by atoms with Crippen molar-refractivity contribution < 1.29 is 17.6 Å². The smallest absolute Gasteiger partial charge is 0.245 e. The molecule has 0 atom stereocenters. The molecule has 3 heterocycles. The van der Waals surface area contributed by atoms with Crippen molar-refractivity contribution in [3.05, 3.63) is 96.2 Å². The van der Waals surface area contributed by atoms with E-state index < -0.39 is 10.0 Å². The van der Waals surface area contributed by atoms with Gasteiger partial charge in [0.15, 0.2) is 5.76 Å². The molecule has 2 aromatic heterocycles. The minimum atomic E-state index is -3.74. The summed E-state index contributed by atoms with van der Waals surface area (Å²) >= 11 is 0. The molecule has 0 saturated carbocycles. The molecule has 192 valence electrons. The van der Waals surface area contributed by atoms with Crippen molar-refractivity contribution in [1.82, 2.24) is 14.1 Å². The summed E-state index contributed by atoms with van der Waals surface area (Å²) in [5.41, 5.74) is 4.16. The lowest BCUT2D eigenvalue weighted by Gasteiger charge is -2.26. The van der Waals surface area contributed by atoms with Gasteiger partial charge in [-0.15, -0.1) is 0 Å². The molecule has 0 unspecified atom stereocenters. The van der Waals surface area contributed by atoms with Crippen molar-refractivity contribution in [2.24, 2.45) is 4.99 Å². The second kappa shape index (κ2) is 10.0. The predicted molar refractivity (Wildman–Crippen MR) is 147 cm³/mol. The summed E-state index contributed by atoms with van der Waals surface area (Å²) in [5.74, 6) is 0.604. The Morgan fingerprint density at radius 3 is 2.50 bits per heavy atom. The Morgan fingerprint density at radius 1 is 0.947 bits per heavy atom. The zero-order valence-electron chi connectivity index (χ0n) is 20.8. The van der Waals surface area contributed by atoms with Crippen molar-refractivity contribution in [3.8, 4) is 17.1 Å². The predicted octanol–water partition coefficient (Wildman–Crippen LogP) is 5.37. The van der Waals surface area contributed by atoms with Crippen LogP contribution >= 0.6 is 0 Å². The first kappa shape index (κ1) is 24.3. The third-order valence-electron chi connectivity index (χ3n) is 6.47. The Kier molecular flexibility index (Phi) is 6.40. The second-order valence-electron chi connectivity index (χ2n) is 9.11. The molecule has 0 amide bonds. The number of hydrogen-bond donors (Lipinski definition) is 0. The molecule has 3 aromatic carbocycles. The van der Waals surface area contributed by atoms with Crippen LogP contribution in [0, 0.1) is 6.92 Å². The van der Waals surface area contributed by atoms with Crippen molar-refractivity contribution in [2.45, 2.75) is 11.8 Å². The molecule has 1 aliphatic rings. The minimum Gasteiger partial charge on any atom is -0.454 e. The number of benzene rings is 3. The van der Waals surface area contributed by atoms with Gasteiger partial charge < -0.3 is 9.15 Å². The molecule has 1 saturated heterocycles. The Bertz CT molecular complexity index is 1700. The number of ether oxygens (including phenoxy) is 1. The highest BCUT2D eigenvalue weighted by Gasteiger charge is 2.28. The van der Waals surface area contributed by atoms with Gasteiger partial charge in [0, 0.05) is 36.5 Å². The van der Waals surface area contributed by atoms with Gasteiger partial charge in [0.25, 0.3) is 0 Å². The first-order valence-corrected chi connectivity index (χ1v) is 13.8. The van der Waals surface area contributed by atoms with Gasteiger partial charge in [0.2, 0.25) is 10.0 Å². The van der Waals surface area contributed by atoms with E-state index >= 15 is 0 Å². The van der Waals surface area contributed by atoms with Crippen LogP contribution in [-0.4, -0.2) is 55.0 Å². The molecule has 1 aliphatic heterocycles. The van der Waals surface area contributed by atoms with Crippen LogP contribution in [0.15, 0.2) is 99.4 Å². The zero-order valence-corrected chi connectivity index (χ0v) is 21.6. The molecule has 38 heavy (non-hydrogen) atoms. The lowest BCUT2D eigenvalue weighted by molar-refractivity contribution is 0.0730. The molecule has 6 rings (SSSR count). The molecule has 0 N–H and O–H groups in total. The lowest BCUT2D eigenvalue weighted by Crippen LogP contribution is -2.40. The third-order valence-corrected chi connectivity index (χ3v) is 8.40. The monoisotopic (exact) mass is 526 g/mol. The number of morpholine rings is 1. The highest BCUT2D eigenvalue weighted by atomic mass is 32.2. The summed E-state index contributed by atoms with van der Waals surface area (Å²) < 4.78 is 41.7. The molecular formula is C29H26N4O4S. The largest absolute Gasteiger partial charge is 0.454 e. The Morgan fingerprint density at radius 2 is 1.71 bits per heavy atom. The zero-order chi connectivity index (χ0) is 26.1. The van der Waals surface area contributed by atoms with E-state index in [0.717, 1.165) is 22.2 Å². The lowest BCUT2D eigenvalue weighted by atomic mass is 10.2. The number of sulfonamides is 1. The van der Waals surface area contributed by atoms with Gasteiger partial charge >= 0.3 is 0 Å². The molecule has 1 fully saturated rings. The van der Waals surface area contributed by atoms with Gasteiger partial charge in [-0.05, 0) is 48.9 Å². The number of para-hydroxylation sites is 2. The molecule has 0 aliphatic carbocycles. The SMILES string of the molecule is Cc1ccc(N=Cc2cn(-c3ccccc3)nc2-c2cc3ccccc3o2)c(S(=O)(=O)N2CCOCC2)c1. The fourth-order valence-electron chi connectivity index (χ4n) is 4.48. The van der Waals surface area contributed by atoms with Crippen LogP contribution in [0.3, 0.4) is 0 Å². The molecular weight excluding hydrogens is 500 g/mol. The molecule has 9 heteroatoms. The van der Waals surface area contributed by atoms with E-state index in [-0.39, 0.29) is 4.90 Å². The first-order valence-electron chi connectivity index (χ1n) is 12.4. The fraction of sp³-hybridized carbons (Fsp3) is 0.172. The highest BCUT2D eigenvalue weighted by molar-refractivity contribution is 7.89. The van der Waals surface area contributed by atoms with Crippen LogP contribution in [-0.2, 0) is 14.8 Å². The topological polar surface area (TPSA) is 89.9 Å². The van der Waals surface area contributed by atoms with E-state index in [1.165, 1.54) is 4.31 Å². The van der Waals surface area contributed by atoms with Crippen LogP contribution in [0.1, 0.15) is 11.1 Å². The number of nitrogens with zero attached hydrogens (tertiary/aromatic N) is 4. The van der Waals surface area contributed by atoms with Crippen molar-refractivity contribution in [1.29, 1.82) is 0 Å². The number of aromatic nitrogens is 2. The van der Waals surface area contributed by atoms with Gasteiger partial charge in [0.05, 0.1) is 24.6 Å². The van der Waals surface area contributed by atoms with E-state index in [4.69, 9.17) is 14.3 Å². The Labute approximate surface area is 220 Å². The van der Waals surface area contributed by atoms with E-state index in [1.807, 2.05) is 79.9 Å². The average Bonchev–Trinajstić information content (AvgIpc) is 3.58. The number of hydrogen-bond acceptors (Lipinski definition) is 6. The maximum Gasteiger partial charge on any atom is 0.245 e. The van der Waals surface area contributed by atoms with Crippen LogP contribution in [0.25, 0.3) is 28.1 Å². The van der Waals surface area contributed by atoms with Gasteiger partial charge in [0.1, 0.15) is 16.2 Å².